The molecule has 3 atom stereocenters. The van der Waals surface area contributed by atoms with Crippen molar-refractivity contribution in [3.05, 3.63) is 35.9 Å². The Labute approximate surface area is 97.7 Å². The van der Waals surface area contributed by atoms with E-state index in [2.05, 4.69) is 42.6 Å². The molecule has 0 aliphatic heterocycles. The van der Waals surface area contributed by atoms with Gasteiger partial charge in [0, 0.05) is 6.04 Å². The van der Waals surface area contributed by atoms with Crippen molar-refractivity contribution < 1.29 is 5.11 Å². The summed E-state index contributed by atoms with van der Waals surface area (Å²) >= 11 is 0. The highest BCUT2D eigenvalue weighted by Gasteiger charge is 2.37. The van der Waals surface area contributed by atoms with Gasteiger partial charge in [-0.2, -0.15) is 0 Å². The second-order valence-corrected chi connectivity index (χ2v) is 4.71. The molecular weight excluding hydrogens is 198 g/mol. The molecule has 1 aromatic rings. The van der Waals surface area contributed by atoms with Crippen LogP contribution >= 0.6 is 0 Å². The fourth-order valence-corrected chi connectivity index (χ4v) is 2.24. The third-order valence-corrected chi connectivity index (χ3v) is 3.53. The molecular formula is C14H21NO. The van der Waals surface area contributed by atoms with Crippen LogP contribution in [0.5, 0.6) is 0 Å². The van der Waals surface area contributed by atoms with Crippen molar-refractivity contribution in [3.63, 3.8) is 0 Å². The highest BCUT2D eigenvalue weighted by molar-refractivity contribution is 5.25. The van der Waals surface area contributed by atoms with Crippen molar-refractivity contribution >= 4 is 0 Å². The molecule has 0 radical (unpaired) electrons. The van der Waals surface area contributed by atoms with Gasteiger partial charge in [-0.25, -0.2) is 0 Å². The Hall–Kier alpha value is -0.860. The van der Waals surface area contributed by atoms with Crippen molar-refractivity contribution in [3.8, 4) is 0 Å². The molecule has 0 amide bonds. The first-order valence-corrected chi connectivity index (χ1v) is 6.24. The van der Waals surface area contributed by atoms with E-state index in [4.69, 9.17) is 5.11 Å². The molecule has 1 saturated carbocycles. The first kappa shape index (κ1) is 11.6. The van der Waals surface area contributed by atoms with Gasteiger partial charge < -0.3 is 10.4 Å². The summed E-state index contributed by atoms with van der Waals surface area (Å²) in [5, 5.41) is 12.5. The van der Waals surface area contributed by atoms with E-state index in [1.165, 1.54) is 12.0 Å². The quantitative estimate of drug-likeness (QED) is 0.768. The van der Waals surface area contributed by atoms with Crippen molar-refractivity contribution in [1.82, 2.24) is 5.32 Å². The maximum atomic E-state index is 9.08. The van der Waals surface area contributed by atoms with Gasteiger partial charge in [0.25, 0.3) is 0 Å². The van der Waals surface area contributed by atoms with E-state index in [-0.39, 0.29) is 12.6 Å². The SMILES string of the molecule is CCC(CO)NCC1CC1c1ccccc1. The van der Waals surface area contributed by atoms with Gasteiger partial charge >= 0.3 is 0 Å². The van der Waals surface area contributed by atoms with Crippen LogP contribution in [0, 0.1) is 5.92 Å². The molecule has 2 nitrogen and oxygen atoms in total. The minimum absolute atomic E-state index is 0.249. The second-order valence-electron chi connectivity index (χ2n) is 4.71. The van der Waals surface area contributed by atoms with Gasteiger partial charge in [-0.05, 0) is 36.8 Å². The minimum Gasteiger partial charge on any atom is -0.395 e. The number of benzene rings is 1. The van der Waals surface area contributed by atoms with E-state index in [1.807, 2.05) is 0 Å². The largest absolute Gasteiger partial charge is 0.395 e. The molecule has 2 heteroatoms. The highest BCUT2D eigenvalue weighted by Crippen LogP contribution is 2.46. The van der Waals surface area contributed by atoms with Gasteiger partial charge in [0.05, 0.1) is 6.61 Å². The van der Waals surface area contributed by atoms with E-state index < -0.39 is 0 Å². The lowest BCUT2D eigenvalue weighted by Gasteiger charge is -2.13. The molecule has 0 spiro atoms. The first-order chi connectivity index (χ1) is 7.85. The van der Waals surface area contributed by atoms with Crippen LogP contribution in [0.1, 0.15) is 31.2 Å². The van der Waals surface area contributed by atoms with E-state index in [0.717, 1.165) is 24.8 Å². The topological polar surface area (TPSA) is 32.3 Å². The van der Waals surface area contributed by atoms with Gasteiger partial charge in [0.1, 0.15) is 0 Å². The maximum Gasteiger partial charge on any atom is 0.0584 e. The molecule has 1 aliphatic carbocycles. The fraction of sp³-hybridized carbons (Fsp3) is 0.571. The van der Waals surface area contributed by atoms with Crippen LogP contribution in [0.15, 0.2) is 30.3 Å². The summed E-state index contributed by atoms with van der Waals surface area (Å²) in [7, 11) is 0. The molecule has 0 bridgehead atoms. The van der Waals surface area contributed by atoms with Gasteiger partial charge in [0.15, 0.2) is 0 Å². The number of aliphatic hydroxyl groups excluding tert-OH is 1. The maximum absolute atomic E-state index is 9.08. The average molecular weight is 219 g/mol. The van der Waals surface area contributed by atoms with Crippen LogP contribution < -0.4 is 5.32 Å². The Kier molecular flexibility index (Phi) is 3.97. The van der Waals surface area contributed by atoms with E-state index in [0.29, 0.717) is 0 Å². The van der Waals surface area contributed by atoms with Crippen LogP contribution in [0.3, 0.4) is 0 Å². The van der Waals surface area contributed by atoms with Crippen LogP contribution in [0.4, 0.5) is 0 Å². The van der Waals surface area contributed by atoms with Gasteiger partial charge in [-0.1, -0.05) is 37.3 Å². The van der Waals surface area contributed by atoms with Gasteiger partial charge in [0.2, 0.25) is 0 Å². The average Bonchev–Trinajstić information content (AvgIpc) is 3.11. The lowest BCUT2D eigenvalue weighted by molar-refractivity contribution is 0.238. The Balaban J connectivity index is 1.75. The van der Waals surface area contributed by atoms with Crippen molar-refractivity contribution in [1.29, 1.82) is 0 Å². The Morgan fingerprint density at radius 2 is 2.12 bits per heavy atom. The number of hydrogen-bond acceptors (Lipinski definition) is 2. The number of hydrogen-bond donors (Lipinski definition) is 2. The predicted octanol–water partition coefficient (Wildman–Crippen LogP) is 2.15. The Bertz CT molecular complexity index is 308. The molecule has 88 valence electrons. The second kappa shape index (κ2) is 5.46. The molecule has 0 saturated heterocycles. The zero-order valence-electron chi connectivity index (χ0n) is 9.89. The molecule has 16 heavy (non-hydrogen) atoms. The number of nitrogens with one attached hydrogen (secondary N) is 1. The summed E-state index contributed by atoms with van der Waals surface area (Å²) in [4.78, 5) is 0. The standard InChI is InChI=1S/C14H21NO/c1-2-13(10-16)15-9-12-8-14(12)11-6-4-3-5-7-11/h3-7,12-16H,2,8-10H2,1H3. The minimum atomic E-state index is 0.249. The predicted molar refractivity (Wildman–Crippen MR) is 66.5 cm³/mol. The van der Waals surface area contributed by atoms with E-state index in [9.17, 15) is 0 Å². The normalized spacial score (nSPS) is 25.4. The Morgan fingerprint density at radius 3 is 2.75 bits per heavy atom. The zero-order chi connectivity index (χ0) is 11.4. The molecule has 1 aromatic carbocycles. The molecule has 1 aliphatic rings. The third-order valence-electron chi connectivity index (χ3n) is 3.53. The molecule has 0 aromatic heterocycles. The van der Waals surface area contributed by atoms with Gasteiger partial charge in [-0.15, -0.1) is 0 Å². The van der Waals surface area contributed by atoms with Gasteiger partial charge in [-0.3, -0.25) is 0 Å². The molecule has 2 rings (SSSR count). The first-order valence-electron chi connectivity index (χ1n) is 6.24. The smallest absolute Gasteiger partial charge is 0.0584 e. The van der Waals surface area contributed by atoms with Crippen molar-refractivity contribution in [2.24, 2.45) is 5.92 Å². The van der Waals surface area contributed by atoms with E-state index in [1.54, 1.807) is 0 Å². The lowest BCUT2D eigenvalue weighted by Crippen LogP contribution is -2.33. The van der Waals surface area contributed by atoms with Crippen LogP contribution in [0.2, 0.25) is 0 Å². The molecule has 2 N–H and O–H groups in total. The summed E-state index contributed by atoms with van der Waals surface area (Å²) in [6.07, 6.45) is 2.29. The third kappa shape index (κ3) is 2.83. The summed E-state index contributed by atoms with van der Waals surface area (Å²) in [5.41, 5.74) is 1.46. The van der Waals surface area contributed by atoms with Crippen molar-refractivity contribution in [2.75, 3.05) is 13.2 Å². The number of aliphatic hydroxyl groups is 1. The van der Waals surface area contributed by atoms with Crippen LogP contribution in [-0.2, 0) is 0 Å². The number of rotatable bonds is 6. The Morgan fingerprint density at radius 1 is 1.38 bits per heavy atom. The van der Waals surface area contributed by atoms with Crippen molar-refractivity contribution in [2.45, 2.75) is 31.7 Å². The lowest BCUT2D eigenvalue weighted by atomic mass is 10.1. The molecule has 1 fully saturated rings. The summed E-state index contributed by atoms with van der Waals surface area (Å²) in [6.45, 7) is 3.40. The summed E-state index contributed by atoms with van der Waals surface area (Å²) < 4.78 is 0. The fourth-order valence-electron chi connectivity index (χ4n) is 2.24. The summed E-state index contributed by atoms with van der Waals surface area (Å²) in [5.74, 6) is 1.51. The summed E-state index contributed by atoms with van der Waals surface area (Å²) in [6, 6.07) is 11.0. The van der Waals surface area contributed by atoms with Crippen LogP contribution in [0.25, 0.3) is 0 Å². The highest BCUT2D eigenvalue weighted by atomic mass is 16.3. The molecule has 3 unspecified atom stereocenters. The monoisotopic (exact) mass is 219 g/mol. The molecule has 0 heterocycles. The van der Waals surface area contributed by atoms with Crippen LogP contribution in [-0.4, -0.2) is 24.3 Å². The van der Waals surface area contributed by atoms with E-state index >= 15 is 0 Å². The zero-order valence-corrected chi connectivity index (χ0v) is 9.89.